The summed E-state index contributed by atoms with van der Waals surface area (Å²) >= 11 is 0. The number of amides is 1. The molecular formula is C16H10F3N5O2. The van der Waals surface area contributed by atoms with Crippen molar-refractivity contribution >= 4 is 27.7 Å². The van der Waals surface area contributed by atoms with Gasteiger partial charge in [0.2, 0.25) is 0 Å². The highest BCUT2D eigenvalue weighted by Gasteiger charge is 2.31. The van der Waals surface area contributed by atoms with E-state index in [9.17, 15) is 18.0 Å². The van der Waals surface area contributed by atoms with E-state index >= 15 is 0 Å². The van der Waals surface area contributed by atoms with Crippen LogP contribution in [0.5, 0.6) is 5.75 Å². The maximum absolute atomic E-state index is 12.3. The number of aromatic amines is 1. The molecule has 0 aliphatic carbocycles. The van der Waals surface area contributed by atoms with Crippen LogP contribution in [0.2, 0.25) is 0 Å². The molecule has 7 nitrogen and oxygen atoms in total. The molecule has 132 valence electrons. The van der Waals surface area contributed by atoms with E-state index in [1.165, 1.54) is 30.5 Å². The maximum Gasteiger partial charge on any atom is 0.573 e. The fraction of sp³-hybridized carbons (Fsp3) is 0.0625. The van der Waals surface area contributed by atoms with Crippen molar-refractivity contribution in [3.63, 3.8) is 0 Å². The SMILES string of the molecule is NC(=O)c1[nH]n(-c2ccc(OC(F)(F)F)cc2)c2c1ccc1nncc12. The molecule has 0 radical (unpaired) electrons. The van der Waals surface area contributed by atoms with Crippen LogP contribution < -0.4 is 10.5 Å². The van der Waals surface area contributed by atoms with Gasteiger partial charge in [0, 0.05) is 10.8 Å². The fourth-order valence-corrected chi connectivity index (χ4v) is 2.81. The lowest BCUT2D eigenvalue weighted by Gasteiger charge is -2.10. The predicted molar refractivity (Wildman–Crippen MR) is 85.9 cm³/mol. The number of hydrogen-bond donors (Lipinski definition) is 2. The highest BCUT2D eigenvalue weighted by atomic mass is 19.4. The van der Waals surface area contributed by atoms with Gasteiger partial charge in [0.15, 0.2) is 0 Å². The predicted octanol–water partition coefficient (Wildman–Crippen LogP) is 2.90. The van der Waals surface area contributed by atoms with Crippen molar-refractivity contribution in [3.8, 4) is 11.4 Å². The number of ether oxygens (including phenoxy) is 1. The Hall–Kier alpha value is -3.56. The number of carbonyl (C=O) groups is 1. The molecule has 0 saturated heterocycles. The molecule has 0 spiro atoms. The molecule has 10 heteroatoms. The van der Waals surface area contributed by atoms with E-state index in [0.29, 0.717) is 27.5 Å². The summed E-state index contributed by atoms with van der Waals surface area (Å²) in [7, 11) is 0. The normalized spacial score (nSPS) is 12.0. The number of primary amides is 1. The Morgan fingerprint density at radius 2 is 1.85 bits per heavy atom. The Kier molecular flexibility index (Phi) is 3.36. The molecule has 26 heavy (non-hydrogen) atoms. The van der Waals surface area contributed by atoms with Crippen molar-refractivity contribution in [1.82, 2.24) is 20.0 Å². The van der Waals surface area contributed by atoms with E-state index in [0.717, 1.165) is 0 Å². The van der Waals surface area contributed by atoms with Gasteiger partial charge < -0.3 is 10.5 Å². The van der Waals surface area contributed by atoms with E-state index in [1.807, 2.05) is 0 Å². The number of carbonyl (C=O) groups excluding carboxylic acids is 1. The first kappa shape index (κ1) is 15.9. The minimum Gasteiger partial charge on any atom is -0.406 e. The number of rotatable bonds is 3. The van der Waals surface area contributed by atoms with Gasteiger partial charge in [0.05, 0.1) is 22.9 Å². The number of nitrogens with one attached hydrogen (secondary N) is 1. The van der Waals surface area contributed by atoms with Crippen molar-refractivity contribution in [2.75, 3.05) is 0 Å². The van der Waals surface area contributed by atoms with Crippen LogP contribution in [0.25, 0.3) is 27.5 Å². The number of H-pyrrole nitrogens is 1. The average molecular weight is 361 g/mol. The molecule has 3 N–H and O–H groups in total. The van der Waals surface area contributed by atoms with Crippen molar-refractivity contribution in [3.05, 3.63) is 48.3 Å². The van der Waals surface area contributed by atoms with E-state index in [2.05, 4.69) is 20.0 Å². The van der Waals surface area contributed by atoms with Gasteiger partial charge >= 0.3 is 6.36 Å². The zero-order valence-corrected chi connectivity index (χ0v) is 12.9. The summed E-state index contributed by atoms with van der Waals surface area (Å²) in [5.74, 6) is -1.02. The van der Waals surface area contributed by atoms with Gasteiger partial charge in [0.25, 0.3) is 5.91 Å². The number of alkyl halides is 3. The summed E-state index contributed by atoms with van der Waals surface area (Å²) in [6.07, 6.45) is -3.24. The van der Waals surface area contributed by atoms with Gasteiger partial charge in [-0.1, -0.05) is 0 Å². The quantitative estimate of drug-likeness (QED) is 0.586. The number of halogens is 3. The molecule has 4 rings (SSSR count). The molecule has 0 unspecified atom stereocenters. The standard InChI is InChI=1S/C16H10F3N5O2/c17-16(18,19)26-9-3-1-8(2-4-9)24-14-10(13(23-24)15(20)25)5-6-12-11(14)7-21-22-12/h1-7,23H,(H2,20,25). The molecule has 4 aromatic rings. The molecule has 0 fully saturated rings. The fourth-order valence-electron chi connectivity index (χ4n) is 2.81. The van der Waals surface area contributed by atoms with Crippen molar-refractivity contribution in [2.45, 2.75) is 6.36 Å². The number of nitrogens with two attached hydrogens (primary N) is 1. The van der Waals surface area contributed by atoms with Gasteiger partial charge in [-0.05, 0) is 36.4 Å². The van der Waals surface area contributed by atoms with Crippen LogP contribution in [0, 0.1) is 0 Å². The summed E-state index contributed by atoms with van der Waals surface area (Å²) in [6, 6.07) is 8.58. The molecular weight excluding hydrogens is 351 g/mol. The number of benzene rings is 2. The number of nitrogens with zero attached hydrogens (tertiary/aromatic N) is 3. The van der Waals surface area contributed by atoms with Crippen LogP contribution >= 0.6 is 0 Å². The van der Waals surface area contributed by atoms with Crippen LogP contribution in [0.1, 0.15) is 10.5 Å². The highest BCUT2D eigenvalue weighted by molar-refractivity contribution is 6.12. The lowest BCUT2D eigenvalue weighted by atomic mass is 10.1. The van der Waals surface area contributed by atoms with E-state index in [1.54, 1.807) is 16.8 Å². The topological polar surface area (TPSA) is 98.8 Å². The second-order valence-electron chi connectivity index (χ2n) is 5.47. The number of aromatic nitrogens is 4. The minimum atomic E-state index is -4.77. The molecule has 0 aliphatic heterocycles. The van der Waals surface area contributed by atoms with Gasteiger partial charge in [0.1, 0.15) is 11.4 Å². The van der Waals surface area contributed by atoms with Gasteiger partial charge in [-0.2, -0.15) is 10.2 Å². The Morgan fingerprint density at radius 3 is 2.50 bits per heavy atom. The summed E-state index contributed by atoms with van der Waals surface area (Å²) in [6.45, 7) is 0. The van der Waals surface area contributed by atoms with Crippen molar-refractivity contribution in [1.29, 1.82) is 0 Å². The van der Waals surface area contributed by atoms with Crippen LogP contribution in [0.3, 0.4) is 0 Å². The summed E-state index contributed by atoms with van der Waals surface area (Å²) < 4.78 is 42.3. The van der Waals surface area contributed by atoms with E-state index in [4.69, 9.17) is 5.73 Å². The van der Waals surface area contributed by atoms with E-state index in [-0.39, 0.29) is 11.4 Å². The molecule has 1 amide bonds. The first-order chi connectivity index (χ1) is 12.3. The van der Waals surface area contributed by atoms with Gasteiger partial charge in [-0.3, -0.25) is 14.6 Å². The third-order valence-electron chi connectivity index (χ3n) is 3.84. The molecule has 0 atom stereocenters. The second-order valence-corrected chi connectivity index (χ2v) is 5.47. The lowest BCUT2D eigenvalue weighted by Crippen LogP contribution is -2.17. The Bertz CT molecular complexity index is 1130. The van der Waals surface area contributed by atoms with Crippen LogP contribution in [0.4, 0.5) is 13.2 Å². The first-order valence-corrected chi connectivity index (χ1v) is 7.34. The molecule has 0 bridgehead atoms. The zero-order valence-electron chi connectivity index (χ0n) is 12.9. The van der Waals surface area contributed by atoms with E-state index < -0.39 is 12.3 Å². The summed E-state index contributed by atoms with van der Waals surface area (Å²) in [5, 5.41) is 11.9. The van der Waals surface area contributed by atoms with Crippen molar-refractivity contribution in [2.24, 2.45) is 5.73 Å². The summed E-state index contributed by atoms with van der Waals surface area (Å²) in [5.41, 5.74) is 7.27. The second kappa shape index (κ2) is 5.48. The monoisotopic (exact) mass is 361 g/mol. The molecule has 0 aliphatic rings. The number of hydrogen-bond acceptors (Lipinski definition) is 4. The smallest absolute Gasteiger partial charge is 0.406 e. The third-order valence-corrected chi connectivity index (χ3v) is 3.84. The average Bonchev–Trinajstić information content (AvgIpc) is 3.17. The highest BCUT2D eigenvalue weighted by Crippen LogP contribution is 2.30. The molecule has 2 aromatic heterocycles. The van der Waals surface area contributed by atoms with Gasteiger partial charge in [-0.15, -0.1) is 13.2 Å². The van der Waals surface area contributed by atoms with Gasteiger partial charge in [-0.25, -0.2) is 0 Å². The summed E-state index contributed by atoms with van der Waals surface area (Å²) in [4.78, 5) is 11.7. The lowest BCUT2D eigenvalue weighted by molar-refractivity contribution is -0.274. The Balaban J connectivity index is 1.91. The Labute approximate surface area is 143 Å². The third kappa shape index (κ3) is 2.61. The first-order valence-electron chi connectivity index (χ1n) is 7.34. The zero-order chi connectivity index (χ0) is 18.5. The largest absolute Gasteiger partial charge is 0.573 e. The maximum atomic E-state index is 12.3. The molecule has 2 aromatic carbocycles. The minimum absolute atomic E-state index is 0.165. The number of fused-ring (bicyclic) bond motifs is 3. The van der Waals surface area contributed by atoms with Crippen LogP contribution in [-0.4, -0.2) is 32.2 Å². The van der Waals surface area contributed by atoms with Crippen LogP contribution in [0.15, 0.2) is 42.6 Å². The Morgan fingerprint density at radius 1 is 1.12 bits per heavy atom. The molecule has 0 saturated carbocycles. The van der Waals surface area contributed by atoms with Crippen molar-refractivity contribution < 1.29 is 22.7 Å². The van der Waals surface area contributed by atoms with Crippen LogP contribution in [-0.2, 0) is 0 Å². The molecule has 2 heterocycles.